The molecule has 0 saturated heterocycles. The van der Waals surface area contributed by atoms with Crippen molar-refractivity contribution in [2.45, 2.75) is 75.2 Å². The largest absolute Gasteiger partial charge is 0.493 e. The minimum absolute atomic E-state index is 0.0119. The summed E-state index contributed by atoms with van der Waals surface area (Å²) in [7, 11) is 2.95. The van der Waals surface area contributed by atoms with Crippen LogP contribution >= 0.6 is 0 Å². The fourth-order valence-electron chi connectivity index (χ4n) is 8.32. The maximum atomic E-state index is 14.3. The molecule has 4 heterocycles. The molecule has 4 aromatic rings. The Bertz CT molecular complexity index is 2240. The van der Waals surface area contributed by atoms with E-state index in [4.69, 9.17) is 35.1 Å². The van der Waals surface area contributed by atoms with E-state index in [0.29, 0.717) is 53.0 Å². The summed E-state index contributed by atoms with van der Waals surface area (Å²) < 4.78 is 23.8. The highest BCUT2D eigenvalue weighted by Gasteiger charge is 2.44. The summed E-state index contributed by atoms with van der Waals surface area (Å²) in [6.07, 6.45) is 8.74. The van der Waals surface area contributed by atoms with Gasteiger partial charge in [0, 0.05) is 46.9 Å². The lowest BCUT2D eigenvalue weighted by molar-refractivity contribution is 0.0974. The Morgan fingerprint density at radius 1 is 0.786 bits per heavy atom. The molecule has 2 unspecified atom stereocenters. The number of ether oxygens (including phenoxy) is 4. The van der Waals surface area contributed by atoms with Crippen LogP contribution in [0.2, 0.25) is 0 Å². The number of fused-ring (bicyclic) bond motifs is 8. The van der Waals surface area contributed by atoms with E-state index >= 15 is 0 Å². The van der Waals surface area contributed by atoms with Crippen LogP contribution in [0.3, 0.4) is 0 Å². The van der Waals surface area contributed by atoms with Gasteiger partial charge in [0.05, 0.1) is 62.0 Å². The van der Waals surface area contributed by atoms with Gasteiger partial charge in [-0.15, -0.1) is 9.45 Å². The third-order valence-electron chi connectivity index (χ3n) is 11.5. The van der Waals surface area contributed by atoms with Crippen LogP contribution < -0.4 is 34.1 Å². The maximum absolute atomic E-state index is 14.3. The number of para-hydroxylation sites is 2. The van der Waals surface area contributed by atoms with Gasteiger partial charge in [-0.05, 0) is 73.8 Å². The first-order valence-corrected chi connectivity index (χ1v) is 21.8. The van der Waals surface area contributed by atoms with Crippen molar-refractivity contribution in [3.8, 4) is 23.0 Å². The van der Waals surface area contributed by atoms with E-state index in [0.717, 1.165) is 61.2 Å². The van der Waals surface area contributed by atoms with E-state index in [1.165, 1.54) is 5.56 Å². The lowest BCUT2D eigenvalue weighted by Gasteiger charge is -2.35. The Hall–Kier alpha value is -4.94. The van der Waals surface area contributed by atoms with Crippen molar-refractivity contribution in [3.05, 3.63) is 95.1 Å². The molecule has 4 aliphatic heterocycles. The first-order valence-electron chi connectivity index (χ1n) is 19.2. The summed E-state index contributed by atoms with van der Waals surface area (Å²) in [5.74, 6) is 2.03. The Morgan fingerprint density at radius 3 is 2.04 bits per heavy atom. The van der Waals surface area contributed by atoms with Gasteiger partial charge in [0.2, 0.25) is 0 Å². The number of carbonyl (C=O) groups is 2. The minimum Gasteiger partial charge on any atom is -0.493 e. The molecule has 0 radical (unpaired) electrons. The van der Waals surface area contributed by atoms with Crippen LogP contribution in [-0.2, 0) is 33.5 Å². The van der Waals surface area contributed by atoms with E-state index in [2.05, 4.69) is 37.6 Å². The Labute approximate surface area is 335 Å². The van der Waals surface area contributed by atoms with Gasteiger partial charge in [0.25, 0.3) is 11.8 Å². The van der Waals surface area contributed by atoms with Crippen LogP contribution in [0.5, 0.6) is 23.0 Å². The molecule has 56 heavy (non-hydrogen) atoms. The molecule has 0 saturated carbocycles. The van der Waals surface area contributed by atoms with Gasteiger partial charge in [-0.3, -0.25) is 19.5 Å². The van der Waals surface area contributed by atoms with Crippen LogP contribution in [0.1, 0.15) is 71.4 Å². The Morgan fingerprint density at radius 2 is 1.38 bits per heavy atom. The number of anilines is 3. The van der Waals surface area contributed by atoms with Crippen LogP contribution in [0.15, 0.2) is 77.8 Å². The van der Waals surface area contributed by atoms with Crippen LogP contribution in [0.4, 0.5) is 22.7 Å². The summed E-state index contributed by atoms with van der Waals surface area (Å²) in [5, 5.41) is 3.78. The standard InChI is InChI=1S/C44H48N4O6S2/c1-44(2,56(5)55)25-34-37-20-28-14-8-10-16-36(28)48(37)43(50)31-22-39(52-4)41(24-33(31)46-34)54-18-12-6-11-17-53-40-23-32-30(21-38(40)51-3)42(49)47-29(26-45-32)19-27-13-7-9-15-35(27)47/h7-10,13-16,21-24,26,29,34,37,46H,6,11-12,17-20,25H2,1-5H3/t29-,34?,37-,56?/m0/s1. The number of carbonyl (C=O) groups excluding carboxylic acids is 2. The molecule has 0 aliphatic carbocycles. The highest BCUT2D eigenvalue weighted by atomic mass is 32.8. The number of nitrogens with one attached hydrogen (secondary N) is 1. The second-order valence-electron chi connectivity index (χ2n) is 15.4. The fourth-order valence-corrected chi connectivity index (χ4v) is 8.94. The van der Waals surface area contributed by atoms with E-state index in [1.54, 1.807) is 26.4 Å². The van der Waals surface area contributed by atoms with E-state index in [1.807, 2.05) is 64.5 Å². The quantitative estimate of drug-likeness (QED) is 0.137. The molecular formula is C44H48N4O6S2. The molecule has 292 valence electrons. The molecule has 8 rings (SSSR count). The second kappa shape index (κ2) is 15.5. The molecule has 4 aromatic carbocycles. The Kier molecular flexibility index (Phi) is 10.5. The van der Waals surface area contributed by atoms with Crippen LogP contribution in [0, 0.1) is 0 Å². The van der Waals surface area contributed by atoms with Crippen molar-refractivity contribution in [1.82, 2.24) is 0 Å². The molecule has 2 amide bonds. The second-order valence-corrected chi connectivity index (χ2v) is 18.9. The van der Waals surface area contributed by atoms with Crippen molar-refractivity contribution >= 4 is 61.4 Å². The molecule has 4 atom stereocenters. The summed E-state index contributed by atoms with van der Waals surface area (Å²) in [4.78, 5) is 36.6. The van der Waals surface area contributed by atoms with Gasteiger partial charge in [0.1, 0.15) is 0 Å². The predicted octanol–water partition coefficient (Wildman–Crippen LogP) is 7.86. The smallest absolute Gasteiger partial charge is 0.261 e. The van der Waals surface area contributed by atoms with Crippen molar-refractivity contribution < 1.29 is 28.5 Å². The zero-order valence-corrected chi connectivity index (χ0v) is 34.1. The third-order valence-corrected chi connectivity index (χ3v) is 14.6. The summed E-state index contributed by atoms with van der Waals surface area (Å²) in [6.45, 7) is 5.38. The topological polar surface area (TPSA) is 102 Å². The molecule has 0 fully saturated rings. The molecule has 10 nitrogen and oxygen atoms in total. The molecule has 1 N–H and O–H groups in total. The SMILES string of the molecule is COc1cc2c(cc1OCCCCCOc1cc3c(cc1OC)C(=O)N1c4ccccc4C[C@H]1C(CC(C)(C)S(C)=S)N3)N=C[C@@H]1Cc3ccccc3N1C2=O. The number of hydrogen-bond acceptors (Lipinski definition) is 9. The van der Waals surface area contributed by atoms with Crippen molar-refractivity contribution in [1.29, 1.82) is 0 Å². The van der Waals surface area contributed by atoms with Crippen molar-refractivity contribution in [2.24, 2.45) is 4.99 Å². The van der Waals surface area contributed by atoms with Gasteiger partial charge >= 0.3 is 0 Å². The number of methoxy groups -OCH3 is 2. The lowest BCUT2D eigenvalue weighted by atomic mass is 9.94. The maximum Gasteiger partial charge on any atom is 0.261 e. The number of unbranched alkanes of at least 4 members (excludes halogenated alkanes) is 2. The lowest BCUT2D eigenvalue weighted by Crippen LogP contribution is -2.49. The number of nitrogens with zero attached hydrogens (tertiary/aromatic N) is 3. The summed E-state index contributed by atoms with van der Waals surface area (Å²) in [5.41, 5.74) is 6.60. The van der Waals surface area contributed by atoms with Crippen LogP contribution in [0.25, 0.3) is 0 Å². The number of rotatable bonds is 13. The number of benzene rings is 4. The normalized spacial score (nSPS) is 19.7. The highest BCUT2D eigenvalue weighted by Crippen LogP contribution is 2.44. The summed E-state index contributed by atoms with van der Waals surface area (Å²) in [6, 6.07) is 23.3. The van der Waals surface area contributed by atoms with E-state index in [-0.39, 0.29) is 44.1 Å². The molecular weight excluding hydrogens is 745 g/mol. The van der Waals surface area contributed by atoms with Gasteiger partial charge in [-0.2, -0.15) is 0 Å². The zero-order valence-electron chi connectivity index (χ0n) is 32.5. The van der Waals surface area contributed by atoms with Crippen molar-refractivity contribution in [2.75, 3.05) is 48.8 Å². The third kappa shape index (κ3) is 7.02. The first kappa shape index (κ1) is 38.0. The zero-order chi connectivity index (χ0) is 39.1. The Balaban J connectivity index is 0.909. The van der Waals surface area contributed by atoms with Gasteiger partial charge in [-0.25, -0.2) is 0 Å². The first-order chi connectivity index (χ1) is 27.1. The highest BCUT2D eigenvalue weighted by molar-refractivity contribution is 8.29. The van der Waals surface area contributed by atoms with Gasteiger partial charge < -0.3 is 29.2 Å². The minimum atomic E-state index is -0.237. The van der Waals surface area contributed by atoms with Crippen molar-refractivity contribution in [3.63, 3.8) is 0 Å². The van der Waals surface area contributed by atoms with Gasteiger partial charge in [0.15, 0.2) is 23.0 Å². The molecule has 0 aromatic heterocycles. The predicted molar refractivity (Wildman–Crippen MR) is 227 cm³/mol. The molecule has 4 aliphatic rings. The molecule has 0 bridgehead atoms. The summed E-state index contributed by atoms with van der Waals surface area (Å²) >= 11 is 5.79. The number of hydrogen-bond donors (Lipinski definition) is 1. The average molecular weight is 793 g/mol. The average Bonchev–Trinajstić information content (AvgIpc) is 3.71. The number of aliphatic imine (C=N–C) groups is 1. The monoisotopic (exact) mass is 792 g/mol. The van der Waals surface area contributed by atoms with E-state index in [9.17, 15) is 9.59 Å². The van der Waals surface area contributed by atoms with Gasteiger partial charge in [-0.1, -0.05) is 61.4 Å². The fraction of sp³-hybridized carbons (Fsp3) is 0.386. The van der Waals surface area contributed by atoms with E-state index < -0.39 is 0 Å². The molecule has 12 heteroatoms. The van der Waals surface area contributed by atoms with Crippen LogP contribution in [-0.4, -0.2) is 74.6 Å². The molecule has 0 spiro atoms. The number of amides is 2.